The van der Waals surface area contributed by atoms with Crippen LogP contribution in [0, 0.1) is 6.92 Å². The van der Waals surface area contributed by atoms with Gasteiger partial charge in [0, 0.05) is 18.9 Å². The zero-order valence-electron chi connectivity index (χ0n) is 12.1. The first-order valence-electron chi connectivity index (χ1n) is 6.84. The number of carboxylic acid groups (broad SMARTS) is 1. The van der Waals surface area contributed by atoms with Crippen LogP contribution in [0.2, 0.25) is 0 Å². The summed E-state index contributed by atoms with van der Waals surface area (Å²) in [6.07, 6.45) is 3.24. The van der Waals surface area contributed by atoms with Crippen molar-refractivity contribution in [2.75, 3.05) is 5.32 Å². The van der Waals surface area contributed by atoms with E-state index in [1.54, 1.807) is 28.9 Å². The van der Waals surface area contributed by atoms with Crippen molar-refractivity contribution in [2.45, 2.75) is 13.5 Å². The van der Waals surface area contributed by atoms with Crippen molar-refractivity contribution in [3.8, 4) is 0 Å². The largest absolute Gasteiger partial charge is 0.476 e. The summed E-state index contributed by atoms with van der Waals surface area (Å²) < 4.78 is 1.57. The Bertz CT molecular complexity index is 858. The lowest BCUT2D eigenvalue weighted by atomic mass is 10.1. The fraction of sp³-hybridized carbons (Fsp3) is 0.125. The van der Waals surface area contributed by atoms with Crippen LogP contribution in [0.4, 0.5) is 5.69 Å². The summed E-state index contributed by atoms with van der Waals surface area (Å²) in [4.78, 5) is 15.7. The van der Waals surface area contributed by atoms with Gasteiger partial charge in [-0.2, -0.15) is 0 Å². The van der Waals surface area contributed by atoms with E-state index >= 15 is 0 Å². The Hall–Kier alpha value is -2.39. The maximum Gasteiger partial charge on any atom is 0.355 e. The molecule has 22 heavy (non-hydrogen) atoms. The molecule has 0 saturated carbocycles. The molecule has 2 heterocycles. The van der Waals surface area contributed by atoms with E-state index in [2.05, 4.69) is 25.6 Å². The molecule has 0 radical (unpaired) electrons. The highest BCUT2D eigenvalue weighted by atomic mass is 31.0. The van der Waals surface area contributed by atoms with Crippen molar-refractivity contribution in [3.05, 3.63) is 59.5 Å². The summed E-state index contributed by atoms with van der Waals surface area (Å²) >= 11 is 0. The molecule has 1 aromatic carbocycles. The average Bonchev–Trinajstić information content (AvgIpc) is 2.93. The van der Waals surface area contributed by atoms with Gasteiger partial charge in [-0.25, -0.2) is 9.78 Å². The summed E-state index contributed by atoms with van der Waals surface area (Å²) in [5.74, 6) is -0.985. The molecule has 3 aromatic rings. The highest BCUT2D eigenvalue weighted by Crippen LogP contribution is 2.19. The summed E-state index contributed by atoms with van der Waals surface area (Å²) in [7, 11) is 2.71. The second-order valence-corrected chi connectivity index (χ2v) is 5.73. The molecular formula is C16H16N3O2P. The van der Waals surface area contributed by atoms with Crippen LogP contribution in [-0.2, 0) is 6.54 Å². The van der Waals surface area contributed by atoms with Gasteiger partial charge in [0.25, 0.3) is 0 Å². The Morgan fingerprint density at radius 1 is 1.36 bits per heavy atom. The molecule has 0 aliphatic rings. The molecule has 5 nitrogen and oxygen atoms in total. The number of carboxylic acids is 1. The van der Waals surface area contributed by atoms with Crippen LogP contribution < -0.4 is 10.6 Å². The topological polar surface area (TPSA) is 66.6 Å². The number of nitrogens with one attached hydrogen (secondary N) is 1. The van der Waals surface area contributed by atoms with Gasteiger partial charge in [0.15, 0.2) is 5.69 Å². The van der Waals surface area contributed by atoms with Crippen LogP contribution in [0.15, 0.2) is 42.7 Å². The number of fused-ring (bicyclic) bond motifs is 1. The normalized spacial score (nSPS) is 10.8. The van der Waals surface area contributed by atoms with Gasteiger partial charge in [0.1, 0.15) is 5.65 Å². The molecule has 0 saturated heterocycles. The van der Waals surface area contributed by atoms with Gasteiger partial charge in [-0.3, -0.25) is 4.40 Å². The minimum Gasteiger partial charge on any atom is -0.476 e. The number of aryl methyl sites for hydroxylation is 1. The highest BCUT2D eigenvalue weighted by Gasteiger charge is 2.15. The molecule has 0 aliphatic heterocycles. The smallest absolute Gasteiger partial charge is 0.355 e. The minimum absolute atomic E-state index is 0.187. The van der Waals surface area contributed by atoms with Crippen LogP contribution in [-0.4, -0.2) is 20.5 Å². The molecule has 2 aromatic heterocycles. The van der Waals surface area contributed by atoms with Crippen LogP contribution >= 0.6 is 9.24 Å². The predicted molar refractivity (Wildman–Crippen MR) is 90.0 cm³/mol. The predicted octanol–water partition coefficient (Wildman–Crippen LogP) is 2.45. The highest BCUT2D eigenvalue weighted by molar-refractivity contribution is 7.27. The van der Waals surface area contributed by atoms with Crippen LogP contribution in [0.5, 0.6) is 0 Å². The second kappa shape index (κ2) is 5.78. The number of rotatable bonds is 4. The molecular weight excluding hydrogens is 297 g/mol. The van der Waals surface area contributed by atoms with Crippen molar-refractivity contribution in [1.82, 2.24) is 9.38 Å². The average molecular weight is 313 g/mol. The first kappa shape index (κ1) is 14.5. The Morgan fingerprint density at radius 3 is 2.91 bits per heavy atom. The van der Waals surface area contributed by atoms with E-state index in [0.29, 0.717) is 17.9 Å². The van der Waals surface area contributed by atoms with Crippen molar-refractivity contribution < 1.29 is 9.90 Å². The number of hydrogen-bond donors (Lipinski definition) is 2. The third-order valence-corrected chi connectivity index (χ3v) is 4.08. The number of pyridine rings is 1. The summed E-state index contributed by atoms with van der Waals surface area (Å²) in [5.41, 5.74) is 3.68. The molecule has 6 heteroatoms. The van der Waals surface area contributed by atoms with Gasteiger partial charge in [-0.15, -0.1) is 9.24 Å². The maximum atomic E-state index is 11.6. The number of nitrogens with zero attached hydrogens (tertiary/aromatic N) is 2. The number of carbonyl (C=O) groups is 1. The first-order chi connectivity index (χ1) is 10.6. The maximum absolute atomic E-state index is 11.6. The van der Waals surface area contributed by atoms with Gasteiger partial charge < -0.3 is 10.4 Å². The van der Waals surface area contributed by atoms with Crippen LogP contribution in [0.25, 0.3) is 5.65 Å². The number of anilines is 1. The van der Waals surface area contributed by atoms with Gasteiger partial charge in [0.2, 0.25) is 0 Å². The van der Waals surface area contributed by atoms with Crippen molar-refractivity contribution in [3.63, 3.8) is 0 Å². The Kier molecular flexibility index (Phi) is 3.82. The molecule has 0 fully saturated rings. The van der Waals surface area contributed by atoms with E-state index in [1.165, 1.54) is 5.56 Å². The van der Waals surface area contributed by atoms with E-state index < -0.39 is 5.97 Å². The number of aromatic carboxylic acids is 1. The number of imidazole rings is 1. The summed E-state index contributed by atoms with van der Waals surface area (Å²) in [6, 6.07) is 9.72. The molecule has 0 amide bonds. The van der Waals surface area contributed by atoms with Crippen molar-refractivity contribution in [1.29, 1.82) is 0 Å². The quantitative estimate of drug-likeness (QED) is 0.726. The fourth-order valence-corrected chi connectivity index (χ4v) is 2.88. The Labute approximate surface area is 130 Å². The summed E-state index contributed by atoms with van der Waals surface area (Å²) in [5, 5.41) is 13.8. The molecule has 112 valence electrons. The van der Waals surface area contributed by atoms with E-state index in [4.69, 9.17) is 0 Å². The molecule has 0 bridgehead atoms. The molecule has 0 aliphatic carbocycles. The number of benzene rings is 1. The van der Waals surface area contributed by atoms with Gasteiger partial charge in [0.05, 0.1) is 5.69 Å². The third kappa shape index (κ3) is 2.68. The third-order valence-electron chi connectivity index (χ3n) is 3.54. The zero-order valence-corrected chi connectivity index (χ0v) is 13.2. The van der Waals surface area contributed by atoms with Crippen LogP contribution in [0.3, 0.4) is 0 Å². The number of aromatic nitrogens is 2. The summed E-state index contributed by atoms with van der Waals surface area (Å²) in [6.45, 7) is 2.60. The Balaban J connectivity index is 1.93. The number of hydrogen-bond acceptors (Lipinski definition) is 3. The van der Waals surface area contributed by atoms with Crippen LogP contribution in [0.1, 0.15) is 21.6 Å². The van der Waals surface area contributed by atoms with E-state index in [0.717, 1.165) is 10.9 Å². The lowest BCUT2D eigenvalue weighted by Crippen LogP contribution is -2.13. The van der Waals surface area contributed by atoms with Gasteiger partial charge in [-0.05, 0) is 29.9 Å². The van der Waals surface area contributed by atoms with E-state index in [1.807, 2.05) is 19.1 Å². The standard InChI is InChI=1S/C16H16N3O2P/c1-10-2-3-11(13(22)8-10)9-18-12-4-5-14-17-6-7-19(14)15(12)16(20)21/h2-8,18H,9,22H2,1H3,(H,20,21). The molecule has 1 atom stereocenters. The van der Waals surface area contributed by atoms with E-state index in [-0.39, 0.29) is 5.69 Å². The van der Waals surface area contributed by atoms with E-state index in [9.17, 15) is 9.90 Å². The minimum atomic E-state index is -0.985. The Morgan fingerprint density at radius 2 is 2.18 bits per heavy atom. The lowest BCUT2D eigenvalue weighted by molar-refractivity contribution is 0.0690. The molecule has 1 unspecified atom stereocenters. The van der Waals surface area contributed by atoms with Gasteiger partial charge in [-0.1, -0.05) is 23.8 Å². The molecule has 0 spiro atoms. The monoisotopic (exact) mass is 313 g/mol. The van der Waals surface area contributed by atoms with Gasteiger partial charge >= 0.3 is 5.97 Å². The first-order valence-corrected chi connectivity index (χ1v) is 7.42. The lowest BCUT2D eigenvalue weighted by Gasteiger charge is -2.13. The second-order valence-electron chi connectivity index (χ2n) is 5.11. The SMILES string of the molecule is Cc1ccc(CNc2ccc3nccn3c2C(=O)O)c(P)c1. The van der Waals surface area contributed by atoms with Crippen molar-refractivity contribution >= 4 is 31.8 Å². The fourth-order valence-electron chi connectivity index (χ4n) is 2.42. The molecule has 2 N–H and O–H groups in total. The van der Waals surface area contributed by atoms with Crippen molar-refractivity contribution in [2.24, 2.45) is 0 Å². The zero-order chi connectivity index (χ0) is 15.7. The molecule has 3 rings (SSSR count).